The van der Waals surface area contributed by atoms with Gasteiger partial charge in [-0.3, -0.25) is 9.59 Å². The SMILES string of the molecule is CCCc1nc(CNC(=O)C2CCC(NC(=O)c3nnc(C)o3)CC2)cs1. The second-order valence-corrected chi connectivity index (χ2v) is 7.79. The molecule has 1 aliphatic rings. The molecule has 3 rings (SSSR count). The first-order chi connectivity index (χ1) is 13.0. The highest BCUT2D eigenvalue weighted by Crippen LogP contribution is 2.25. The summed E-state index contributed by atoms with van der Waals surface area (Å²) in [7, 11) is 0. The van der Waals surface area contributed by atoms with Gasteiger partial charge in [0.1, 0.15) is 0 Å². The maximum atomic E-state index is 12.4. The Morgan fingerprint density at radius 1 is 1.26 bits per heavy atom. The van der Waals surface area contributed by atoms with Crippen molar-refractivity contribution >= 4 is 23.2 Å². The summed E-state index contributed by atoms with van der Waals surface area (Å²) in [5.74, 6) is 0.0466. The molecule has 8 nitrogen and oxygen atoms in total. The number of aromatic nitrogens is 3. The molecule has 2 aromatic rings. The van der Waals surface area contributed by atoms with Crippen LogP contribution in [0.25, 0.3) is 0 Å². The smallest absolute Gasteiger partial charge is 0.309 e. The first-order valence-electron chi connectivity index (χ1n) is 9.37. The summed E-state index contributed by atoms with van der Waals surface area (Å²) >= 11 is 1.65. The van der Waals surface area contributed by atoms with E-state index in [9.17, 15) is 9.59 Å². The fraction of sp³-hybridized carbons (Fsp3) is 0.611. The van der Waals surface area contributed by atoms with Gasteiger partial charge in [0, 0.05) is 24.3 Å². The van der Waals surface area contributed by atoms with E-state index in [1.54, 1.807) is 18.3 Å². The molecule has 9 heteroatoms. The Kier molecular flexibility index (Phi) is 6.54. The van der Waals surface area contributed by atoms with E-state index in [4.69, 9.17) is 4.42 Å². The van der Waals surface area contributed by atoms with Crippen LogP contribution in [0, 0.1) is 12.8 Å². The van der Waals surface area contributed by atoms with Gasteiger partial charge in [-0.1, -0.05) is 6.92 Å². The Bertz CT molecular complexity index is 780. The van der Waals surface area contributed by atoms with Crippen LogP contribution in [-0.4, -0.2) is 33.0 Å². The van der Waals surface area contributed by atoms with Crippen LogP contribution in [-0.2, 0) is 17.8 Å². The quantitative estimate of drug-likeness (QED) is 0.750. The van der Waals surface area contributed by atoms with E-state index in [1.807, 2.05) is 5.38 Å². The molecule has 0 aromatic carbocycles. The molecule has 1 fully saturated rings. The van der Waals surface area contributed by atoms with Gasteiger partial charge in [-0.05, 0) is 38.5 Å². The van der Waals surface area contributed by atoms with Gasteiger partial charge in [-0.15, -0.1) is 21.5 Å². The van der Waals surface area contributed by atoms with Crippen LogP contribution in [0.4, 0.5) is 0 Å². The molecule has 0 spiro atoms. The van der Waals surface area contributed by atoms with Gasteiger partial charge in [-0.25, -0.2) is 4.98 Å². The summed E-state index contributed by atoms with van der Waals surface area (Å²) < 4.78 is 5.13. The number of aryl methyl sites for hydroxylation is 2. The molecule has 0 saturated heterocycles. The maximum Gasteiger partial charge on any atom is 0.309 e. The normalized spacial score (nSPS) is 19.6. The lowest BCUT2D eigenvalue weighted by molar-refractivity contribution is -0.126. The van der Waals surface area contributed by atoms with Gasteiger partial charge in [0.2, 0.25) is 11.8 Å². The molecule has 0 unspecified atom stereocenters. The molecular formula is C18H25N5O3S. The topological polar surface area (TPSA) is 110 Å². The predicted molar refractivity (Wildman–Crippen MR) is 100 cm³/mol. The minimum Gasteiger partial charge on any atom is -0.417 e. The van der Waals surface area contributed by atoms with Crippen molar-refractivity contribution in [1.82, 2.24) is 25.8 Å². The number of hydrogen-bond donors (Lipinski definition) is 2. The van der Waals surface area contributed by atoms with Gasteiger partial charge < -0.3 is 15.1 Å². The first-order valence-corrected chi connectivity index (χ1v) is 10.2. The Morgan fingerprint density at radius 2 is 2.04 bits per heavy atom. The first kappa shape index (κ1) is 19.5. The minimum absolute atomic E-state index is 0.0157. The number of nitrogens with zero attached hydrogens (tertiary/aromatic N) is 3. The monoisotopic (exact) mass is 391 g/mol. The molecule has 0 bridgehead atoms. The van der Waals surface area contributed by atoms with Crippen LogP contribution in [0.1, 0.15) is 66.3 Å². The van der Waals surface area contributed by atoms with E-state index in [1.165, 1.54) is 0 Å². The zero-order valence-corrected chi connectivity index (χ0v) is 16.5. The number of carbonyl (C=O) groups excluding carboxylic acids is 2. The summed E-state index contributed by atoms with van der Waals surface area (Å²) in [5, 5.41) is 16.4. The van der Waals surface area contributed by atoms with E-state index in [2.05, 4.69) is 32.7 Å². The van der Waals surface area contributed by atoms with Gasteiger partial charge in [0.25, 0.3) is 0 Å². The Labute approximate surface area is 162 Å². The number of hydrogen-bond acceptors (Lipinski definition) is 7. The number of amides is 2. The lowest BCUT2D eigenvalue weighted by Crippen LogP contribution is -2.40. The number of nitrogens with one attached hydrogen (secondary N) is 2. The third-order valence-electron chi connectivity index (χ3n) is 4.66. The summed E-state index contributed by atoms with van der Waals surface area (Å²) in [6.45, 7) is 4.25. The van der Waals surface area contributed by atoms with Crippen LogP contribution >= 0.6 is 11.3 Å². The molecule has 1 saturated carbocycles. The number of carbonyl (C=O) groups is 2. The van der Waals surface area contributed by atoms with E-state index in [0.29, 0.717) is 12.4 Å². The fourth-order valence-corrected chi connectivity index (χ4v) is 4.12. The van der Waals surface area contributed by atoms with Crippen LogP contribution in [0.2, 0.25) is 0 Å². The molecule has 0 atom stereocenters. The van der Waals surface area contributed by atoms with E-state index in [0.717, 1.165) is 49.2 Å². The molecule has 0 aliphatic heterocycles. The van der Waals surface area contributed by atoms with Crippen LogP contribution in [0.15, 0.2) is 9.80 Å². The van der Waals surface area contributed by atoms with Gasteiger partial charge >= 0.3 is 11.8 Å². The maximum absolute atomic E-state index is 12.4. The van der Waals surface area contributed by atoms with Crippen molar-refractivity contribution < 1.29 is 14.0 Å². The second kappa shape index (κ2) is 9.07. The van der Waals surface area contributed by atoms with Crippen molar-refractivity contribution in [1.29, 1.82) is 0 Å². The molecule has 146 valence electrons. The second-order valence-electron chi connectivity index (χ2n) is 6.85. The highest BCUT2D eigenvalue weighted by molar-refractivity contribution is 7.09. The summed E-state index contributed by atoms with van der Waals surface area (Å²) in [6, 6.07) is 0.0314. The van der Waals surface area contributed by atoms with Crippen molar-refractivity contribution in [2.75, 3.05) is 0 Å². The van der Waals surface area contributed by atoms with Gasteiger partial charge in [0.05, 0.1) is 17.2 Å². The molecule has 2 aromatic heterocycles. The lowest BCUT2D eigenvalue weighted by Gasteiger charge is -2.27. The van der Waals surface area contributed by atoms with Crippen molar-refractivity contribution in [3.63, 3.8) is 0 Å². The minimum atomic E-state index is -0.352. The van der Waals surface area contributed by atoms with Crippen LogP contribution < -0.4 is 10.6 Å². The Morgan fingerprint density at radius 3 is 2.70 bits per heavy atom. The lowest BCUT2D eigenvalue weighted by atomic mass is 9.85. The number of rotatable bonds is 7. The predicted octanol–water partition coefficient (Wildman–Crippen LogP) is 2.39. The standard InChI is InChI=1S/C18H25N5O3S/c1-3-4-15-20-14(10-27-15)9-19-16(24)12-5-7-13(8-6-12)21-17(25)18-23-22-11(2)26-18/h10,12-13H,3-9H2,1-2H3,(H,19,24)(H,21,25). The molecular weight excluding hydrogens is 366 g/mol. The Balaban J connectivity index is 1.40. The zero-order chi connectivity index (χ0) is 19.2. The molecule has 2 heterocycles. The number of thiazole rings is 1. The molecule has 27 heavy (non-hydrogen) atoms. The highest BCUT2D eigenvalue weighted by atomic mass is 32.1. The van der Waals surface area contributed by atoms with Crippen molar-refractivity contribution in [3.05, 3.63) is 27.9 Å². The van der Waals surface area contributed by atoms with Crippen molar-refractivity contribution in [2.24, 2.45) is 5.92 Å². The molecule has 2 amide bonds. The molecule has 1 aliphatic carbocycles. The Hall–Kier alpha value is -2.29. The van der Waals surface area contributed by atoms with Crippen molar-refractivity contribution in [2.45, 2.75) is 65.0 Å². The largest absolute Gasteiger partial charge is 0.417 e. The molecule has 2 N–H and O–H groups in total. The summed E-state index contributed by atoms with van der Waals surface area (Å²) in [6.07, 6.45) is 5.07. The average molecular weight is 391 g/mol. The zero-order valence-electron chi connectivity index (χ0n) is 15.7. The third-order valence-corrected chi connectivity index (χ3v) is 5.62. The van der Waals surface area contributed by atoms with Gasteiger partial charge in [0.15, 0.2) is 0 Å². The van der Waals surface area contributed by atoms with Crippen LogP contribution in [0.3, 0.4) is 0 Å². The molecule has 0 radical (unpaired) electrons. The average Bonchev–Trinajstić information content (AvgIpc) is 3.29. The van der Waals surface area contributed by atoms with E-state index < -0.39 is 0 Å². The van der Waals surface area contributed by atoms with E-state index in [-0.39, 0.29) is 29.7 Å². The summed E-state index contributed by atoms with van der Waals surface area (Å²) in [4.78, 5) is 29.0. The summed E-state index contributed by atoms with van der Waals surface area (Å²) in [5.41, 5.74) is 0.924. The third kappa shape index (κ3) is 5.35. The fourth-order valence-electron chi connectivity index (χ4n) is 3.22. The van der Waals surface area contributed by atoms with Gasteiger partial charge in [-0.2, -0.15) is 0 Å². The van der Waals surface area contributed by atoms with E-state index >= 15 is 0 Å². The van der Waals surface area contributed by atoms with Crippen LogP contribution in [0.5, 0.6) is 0 Å². The van der Waals surface area contributed by atoms with Crippen molar-refractivity contribution in [3.8, 4) is 0 Å². The highest BCUT2D eigenvalue weighted by Gasteiger charge is 2.28.